The third-order valence-corrected chi connectivity index (χ3v) is 2.33. The molecule has 0 spiro atoms. The smallest absolute Gasteiger partial charge is 0.127 e. The summed E-state index contributed by atoms with van der Waals surface area (Å²) < 4.78 is 4.81. The van der Waals surface area contributed by atoms with Gasteiger partial charge in [-0.25, -0.2) is 0 Å². The maximum absolute atomic E-state index is 4.81. The van der Waals surface area contributed by atoms with Crippen molar-refractivity contribution in [2.45, 2.75) is 19.3 Å². The van der Waals surface area contributed by atoms with Gasteiger partial charge in [0.1, 0.15) is 6.26 Å². The molecule has 0 aliphatic rings. The highest BCUT2D eigenvalue weighted by atomic mass is 16.5. The average Bonchev–Trinajstić information content (AvgIpc) is 2.78. The Hall–Kier alpha value is -1.58. The van der Waals surface area contributed by atoms with Gasteiger partial charge in [-0.2, -0.15) is 5.10 Å². The Morgan fingerprint density at radius 3 is 2.85 bits per heavy atom. The molecule has 0 saturated heterocycles. The highest BCUT2D eigenvalue weighted by molar-refractivity contribution is 5.28. The van der Waals surface area contributed by atoms with E-state index in [4.69, 9.17) is 4.52 Å². The molecule has 0 amide bonds. The minimum absolute atomic E-state index is 0.128. The average molecular weight is 177 g/mol. The minimum atomic E-state index is -0.128. The summed E-state index contributed by atoms with van der Waals surface area (Å²) in [5.74, 6) is 0. The molecule has 0 unspecified atom stereocenters. The van der Waals surface area contributed by atoms with Crippen LogP contribution in [0.15, 0.2) is 29.2 Å². The Balaban J connectivity index is 2.42. The van der Waals surface area contributed by atoms with Gasteiger partial charge in [0.15, 0.2) is 0 Å². The second-order valence-electron chi connectivity index (χ2n) is 3.51. The maximum atomic E-state index is 4.81. The highest BCUT2D eigenvalue weighted by Crippen LogP contribution is 2.28. The molecule has 0 radical (unpaired) electrons. The molecule has 68 valence electrons. The molecule has 2 aromatic rings. The summed E-state index contributed by atoms with van der Waals surface area (Å²) in [6.45, 7) is 4.18. The van der Waals surface area contributed by atoms with Gasteiger partial charge in [0.05, 0.1) is 6.20 Å². The summed E-state index contributed by atoms with van der Waals surface area (Å²) in [5, 5.41) is 10.6. The second kappa shape index (κ2) is 2.73. The van der Waals surface area contributed by atoms with Gasteiger partial charge in [0.2, 0.25) is 0 Å². The fourth-order valence-corrected chi connectivity index (χ4v) is 1.27. The Bertz CT molecular complexity index is 325. The molecule has 2 rings (SSSR count). The van der Waals surface area contributed by atoms with Crippen LogP contribution in [0, 0.1) is 0 Å². The van der Waals surface area contributed by atoms with Crippen molar-refractivity contribution in [2.75, 3.05) is 0 Å². The summed E-state index contributed by atoms with van der Waals surface area (Å²) in [6, 6.07) is 1.95. The third kappa shape index (κ3) is 1.24. The number of nitrogens with one attached hydrogen (secondary N) is 1. The van der Waals surface area contributed by atoms with Gasteiger partial charge >= 0.3 is 0 Å². The fraction of sp³-hybridized carbons (Fsp3) is 0.333. The largest absolute Gasteiger partial charge is 0.364 e. The second-order valence-corrected chi connectivity index (χ2v) is 3.51. The molecule has 1 N–H and O–H groups in total. The first-order chi connectivity index (χ1) is 6.21. The lowest BCUT2D eigenvalue weighted by atomic mass is 9.84. The van der Waals surface area contributed by atoms with E-state index in [2.05, 4.69) is 29.2 Å². The van der Waals surface area contributed by atoms with E-state index in [1.54, 1.807) is 18.7 Å². The highest BCUT2D eigenvalue weighted by Gasteiger charge is 2.25. The zero-order valence-corrected chi connectivity index (χ0v) is 7.61. The van der Waals surface area contributed by atoms with E-state index in [1.165, 1.54) is 0 Å². The van der Waals surface area contributed by atoms with E-state index < -0.39 is 0 Å². The number of H-pyrrole nitrogens is 1. The summed E-state index contributed by atoms with van der Waals surface area (Å²) in [4.78, 5) is 0. The normalized spacial score (nSPS) is 11.8. The van der Waals surface area contributed by atoms with Crippen molar-refractivity contribution in [3.63, 3.8) is 0 Å². The van der Waals surface area contributed by atoms with Crippen LogP contribution in [0.3, 0.4) is 0 Å². The number of aromatic amines is 1. The van der Waals surface area contributed by atoms with Gasteiger partial charge in [0, 0.05) is 22.9 Å². The maximum Gasteiger partial charge on any atom is 0.127 e. The number of hydrogen-bond acceptors (Lipinski definition) is 3. The summed E-state index contributed by atoms with van der Waals surface area (Å²) >= 11 is 0. The predicted molar refractivity (Wildman–Crippen MR) is 47.2 cm³/mol. The molecule has 13 heavy (non-hydrogen) atoms. The SMILES string of the molecule is CC(C)(c1cnoc1)c1ccn[nH]1. The number of aromatic nitrogens is 3. The lowest BCUT2D eigenvalue weighted by molar-refractivity contribution is 0.417. The first-order valence-electron chi connectivity index (χ1n) is 4.11. The molecule has 0 aromatic carbocycles. The van der Waals surface area contributed by atoms with E-state index in [9.17, 15) is 0 Å². The Labute approximate surface area is 75.9 Å². The van der Waals surface area contributed by atoms with Gasteiger partial charge in [-0.05, 0) is 6.07 Å². The van der Waals surface area contributed by atoms with E-state index in [-0.39, 0.29) is 5.41 Å². The third-order valence-electron chi connectivity index (χ3n) is 2.33. The van der Waals surface area contributed by atoms with Crippen LogP contribution >= 0.6 is 0 Å². The Morgan fingerprint density at radius 2 is 2.31 bits per heavy atom. The van der Waals surface area contributed by atoms with Crippen LogP contribution in [0.4, 0.5) is 0 Å². The van der Waals surface area contributed by atoms with Crippen LogP contribution in [0.5, 0.6) is 0 Å². The van der Waals surface area contributed by atoms with Crippen molar-refractivity contribution in [3.8, 4) is 0 Å². The summed E-state index contributed by atoms with van der Waals surface area (Å²) in [7, 11) is 0. The van der Waals surface area contributed by atoms with Gasteiger partial charge in [-0.3, -0.25) is 5.10 Å². The van der Waals surface area contributed by atoms with E-state index in [1.807, 2.05) is 6.07 Å². The lowest BCUT2D eigenvalue weighted by Gasteiger charge is -2.20. The molecule has 4 nitrogen and oxygen atoms in total. The van der Waals surface area contributed by atoms with Crippen LogP contribution in [0.25, 0.3) is 0 Å². The van der Waals surface area contributed by atoms with Crippen LogP contribution in [0.1, 0.15) is 25.1 Å². The molecular weight excluding hydrogens is 166 g/mol. The summed E-state index contributed by atoms with van der Waals surface area (Å²) in [5.41, 5.74) is 1.96. The first-order valence-corrected chi connectivity index (χ1v) is 4.11. The monoisotopic (exact) mass is 177 g/mol. The first kappa shape index (κ1) is 8.04. The molecule has 0 fully saturated rings. The number of rotatable bonds is 2. The molecule has 0 aliphatic heterocycles. The molecule has 0 atom stereocenters. The Morgan fingerprint density at radius 1 is 1.46 bits per heavy atom. The van der Waals surface area contributed by atoms with Crippen molar-refractivity contribution in [3.05, 3.63) is 36.0 Å². The van der Waals surface area contributed by atoms with E-state index in [0.717, 1.165) is 11.3 Å². The van der Waals surface area contributed by atoms with Crippen molar-refractivity contribution in [1.29, 1.82) is 0 Å². The topological polar surface area (TPSA) is 54.7 Å². The van der Waals surface area contributed by atoms with Crippen LogP contribution in [-0.4, -0.2) is 15.4 Å². The molecule has 4 heteroatoms. The molecule has 2 aromatic heterocycles. The van der Waals surface area contributed by atoms with Crippen molar-refractivity contribution >= 4 is 0 Å². The molecule has 0 aliphatic carbocycles. The predicted octanol–water partition coefficient (Wildman–Crippen LogP) is 1.72. The molecule has 0 bridgehead atoms. The van der Waals surface area contributed by atoms with Crippen LogP contribution in [-0.2, 0) is 5.41 Å². The van der Waals surface area contributed by atoms with Crippen molar-refractivity contribution in [1.82, 2.24) is 15.4 Å². The Kier molecular flexibility index (Phi) is 1.69. The van der Waals surface area contributed by atoms with Crippen LogP contribution < -0.4 is 0 Å². The fourth-order valence-electron chi connectivity index (χ4n) is 1.27. The van der Waals surface area contributed by atoms with Gasteiger partial charge in [-0.15, -0.1) is 0 Å². The summed E-state index contributed by atoms with van der Waals surface area (Å²) in [6.07, 6.45) is 5.12. The van der Waals surface area contributed by atoms with E-state index >= 15 is 0 Å². The van der Waals surface area contributed by atoms with Crippen molar-refractivity contribution in [2.24, 2.45) is 0 Å². The lowest BCUT2D eigenvalue weighted by Crippen LogP contribution is -2.18. The van der Waals surface area contributed by atoms with Crippen molar-refractivity contribution < 1.29 is 4.52 Å². The molecule has 0 saturated carbocycles. The minimum Gasteiger partial charge on any atom is -0.364 e. The zero-order chi connectivity index (χ0) is 9.31. The quantitative estimate of drug-likeness (QED) is 0.759. The number of hydrogen-bond donors (Lipinski definition) is 1. The van der Waals surface area contributed by atoms with Gasteiger partial charge in [0.25, 0.3) is 0 Å². The molecular formula is C9H11N3O. The van der Waals surface area contributed by atoms with E-state index in [0.29, 0.717) is 0 Å². The molecule has 2 heterocycles. The van der Waals surface area contributed by atoms with Gasteiger partial charge in [-0.1, -0.05) is 19.0 Å². The van der Waals surface area contributed by atoms with Gasteiger partial charge < -0.3 is 4.52 Å². The van der Waals surface area contributed by atoms with Crippen LogP contribution in [0.2, 0.25) is 0 Å². The standard InChI is InChI=1S/C9H11N3O/c1-9(2,7-5-11-13-6-7)8-3-4-10-12-8/h3-6H,1-2H3,(H,10,12). The zero-order valence-electron chi connectivity index (χ0n) is 7.61. The number of nitrogens with zero attached hydrogens (tertiary/aromatic N) is 2.